The standard InChI is InChI=1S/C23H19ClN4O2S/c1-15-6-2-3-7-18(15)26-23(30)27-19-8-4-5-9-20(19)31-14-17-12-22(29)28-13-16(24)10-11-21(28)25-17/h2-13H,14H2,1H3,(H2,26,27,30). The Morgan fingerprint density at radius 2 is 1.74 bits per heavy atom. The second kappa shape index (κ2) is 9.24. The number of benzene rings is 2. The van der Waals surface area contributed by atoms with Gasteiger partial charge in [0.05, 0.1) is 16.4 Å². The van der Waals surface area contributed by atoms with Crippen molar-refractivity contribution >= 4 is 46.4 Å². The Bertz CT molecular complexity index is 1320. The summed E-state index contributed by atoms with van der Waals surface area (Å²) >= 11 is 7.45. The Kier molecular flexibility index (Phi) is 6.25. The van der Waals surface area contributed by atoms with Crippen molar-refractivity contribution in [1.82, 2.24) is 9.38 Å². The maximum atomic E-state index is 12.5. The summed E-state index contributed by atoms with van der Waals surface area (Å²) in [7, 11) is 0. The summed E-state index contributed by atoms with van der Waals surface area (Å²) in [6, 6.07) is 19.7. The SMILES string of the molecule is Cc1ccccc1NC(=O)Nc1ccccc1SCc1cc(=O)n2cc(Cl)ccc2n1. The van der Waals surface area contributed by atoms with E-state index in [1.54, 1.807) is 18.3 Å². The molecule has 0 radical (unpaired) electrons. The van der Waals surface area contributed by atoms with E-state index in [9.17, 15) is 9.59 Å². The average Bonchev–Trinajstić information content (AvgIpc) is 2.75. The molecular weight excluding hydrogens is 432 g/mol. The Morgan fingerprint density at radius 3 is 2.55 bits per heavy atom. The smallest absolute Gasteiger partial charge is 0.307 e. The van der Waals surface area contributed by atoms with Gasteiger partial charge < -0.3 is 10.6 Å². The number of nitrogens with zero attached hydrogens (tertiary/aromatic N) is 2. The van der Waals surface area contributed by atoms with Crippen molar-refractivity contribution in [2.75, 3.05) is 10.6 Å². The van der Waals surface area contributed by atoms with E-state index >= 15 is 0 Å². The largest absolute Gasteiger partial charge is 0.323 e. The topological polar surface area (TPSA) is 75.5 Å². The van der Waals surface area contributed by atoms with Gasteiger partial charge in [0.2, 0.25) is 0 Å². The molecule has 2 heterocycles. The summed E-state index contributed by atoms with van der Waals surface area (Å²) < 4.78 is 1.42. The van der Waals surface area contributed by atoms with Crippen molar-refractivity contribution in [3.8, 4) is 0 Å². The first-order valence-electron chi connectivity index (χ1n) is 9.53. The molecule has 0 unspecified atom stereocenters. The van der Waals surface area contributed by atoms with Gasteiger partial charge in [0.1, 0.15) is 5.65 Å². The molecule has 31 heavy (non-hydrogen) atoms. The van der Waals surface area contributed by atoms with Gasteiger partial charge in [0.25, 0.3) is 5.56 Å². The second-order valence-corrected chi connectivity index (χ2v) is 8.29. The van der Waals surface area contributed by atoms with Crippen molar-refractivity contribution in [1.29, 1.82) is 0 Å². The van der Waals surface area contributed by atoms with E-state index < -0.39 is 0 Å². The Balaban J connectivity index is 1.48. The van der Waals surface area contributed by atoms with Gasteiger partial charge in [-0.2, -0.15) is 0 Å². The summed E-state index contributed by atoms with van der Waals surface area (Å²) in [5, 5.41) is 6.24. The summed E-state index contributed by atoms with van der Waals surface area (Å²) in [6.45, 7) is 1.94. The molecule has 6 nitrogen and oxygen atoms in total. The molecule has 2 aromatic carbocycles. The molecule has 0 atom stereocenters. The van der Waals surface area contributed by atoms with Crippen molar-refractivity contribution in [2.24, 2.45) is 0 Å². The molecule has 2 amide bonds. The Labute approximate surface area is 188 Å². The van der Waals surface area contributed by atoms with Crippen molar-refractivity contribution in [2.45, 2.75) is 17.6 Å². The first kappa shape index (κ1) is 21.0. The number of anilines is 2. The van der Waals surface area contributed by atoms with E-state index in [4.69, 9.17) is 11.6 Å². The molecule has 0 spiro atoms. The molecule has 0 saturated heterocycles. The van der Waals surface area contributed by atoms with E-state index in [2.05, 4.69) is 15.6 Å². The molecule has 0 aliphatic rings. The third kappa shape index (κ3) is 5.07. The number of nitrogens with one attached hydrogen (secondary N) is 2. The van der Waals surface area contributed by atoms with Crippen LogP contribution in [0.5, 0.6) is 0 Å². The maximum Gasteiger partial charge on any atom is 0.323 e. The van der Waals surface area contributed by atoms with Crippen LogP contribution in [-0.2, 0) is 5.75 Å². The van der Waals surface area contributed by atoms with Gasteiger partial charge in [-0.25, -0.2) is 9.78 Å². The van der Waals surface area contributed by atoms with Crippen LogP contribution in [0.1, 0.15) is 11.3 Å². The monoisotopic (exact) mass is 450 g/mol. The number of fused-ring (bicyclic) bond motifs is 1. The van der Waals surface area contributed by atoms with Crippen LogP contribution in [0.4, 0.5) is 16.2 Å². The number of urea groups is 1. The minimum absolute atomic E-state index is 0.188. The number of halogens is 1. The van der Waals surface area contributed by atoms with Crippen LogP contribution < -0.4 is 16.2 Å². The van der Waals surface area contributed by atoms with Gasteiger partial charge in [0.15, 0.2) is 0 Å². The van der Waals surface area contributed by atoms with E-state index in [1.807, 2.05) is 55.5 Å². The third-order valence-electron chi connectivity index (χ3n) is 4.58. The fraction of sp³-hybridized carbons (Fsp3) is 0.0870. The fourth-order valence-corrected chi connectivity index (χ4v) is 4.10. The normalized spacial score (nSPS) is 10.8. The number of pyridine rings is 1. The zero-order valence-corrected chi connectivity index (χ0v) is 18.2. The van der Waals surface area contributed by atoms with E-state index in [0.717, 1.165) is 16.1 Å². The summed E-state index contributed by atoms with van der Waals surface area (Å²) in [4.78, 5) is 30.3. The first-order chi connectivity index (χ1) is 15.0. The lowest BCUT2D eigenvalue weighted by Crippen LogP contribution is -2.20. The third-order valence-corrected chi connectivity index (χ3v) is 5.91. The number of thioether (sulfide) groups is 1. The number of para-hydroxylation sites is 2. The first-order valence-corrected chi connectivity index (χ1v) is 10.9. The van der Waals surface area contributed by atoms with Gasteiger partial charge in [0, 0.05) is 28.6 Å². The lowest BCUT2D eigenvalue weighted by atomic mass is 10.2. The summed E-state index contributed by atoms with van der Waals surface area (Å²) in [5.41, 5.74) is 3.42. The molecule has 0 saturated carbocycles. The predicted molar refractivity (Wildman–Crippen MR) is 126 cm³/mol. The van der Waals surface area contributed by atoms with Crippen LogP contribution in [-0.4, -0.2) is 15.4 Å². The molecule has 2 N–H and O–H groups in total. The number of aryl methyl sites for hydroxylation is 1. The van der Waals surface area contributed by atoms with Gasteiger partial charge >= 0.3 is 6.03 Å². The molecule has 2 aromatic heterocycles. The van der Waals surface area contributed by atoms with Crippen molar-refractivity contribution in [3.05, 3.63) is 99.6 Å². The number of carbonyl (C=O) groups is 1. The predicted octanol–water partition coefficient (Wildman–Crippen LogP) is 5.59. The van der Waals surface area contributed by atoms with Crippen LogP contribution in [0.15, 0.2) is 82.6 Å². The van der Waals surface area contributed by atoms with Crippen molar-refractivity contribution in [3.63, 3.8) is 0 Å². The number of rotatable bonds is 5. The van der Waals surface area contributed by atoms with Crippen molar-refractivity contribution < 1.29 is 4.79 Å². The molecule has 4 aromatic rings. The van der Waals surface area contributed by atoms with Crippen LogP contribution in [0, 0.1) is 6.92 Å². The summed E-state index contributed by atoms with van der Waals surface area (Å²) in [5.74, 6) is 0.479. The molecular formula is C23H19ClN4O2S. The van der Waals surface area contributed by atoms with E-state index in [1.165, 1.54) is 22.2 Å². The zero-order chi connectivity index (χ0) is 21.8. The molecule has 0 aliphatic carbocycles. The lowest BCUT2D eigenvalue weighted by Gasteiger charge is -2.13. The number of carbonyl (C=O) groups excluding carboxylic acids is 1. The fourth-order valence-electron chi connectivity index (χ4n) is 3.04. The van der Waals surface area contributed by atoms with Gasteiger partial charge in [-0.3, -0.25) is 9.20 Å². The molecule has 0 fully saturated rings. The van der Waals surface area contributed by atoms with Gasteiger partial charge in [-0.15, -0.1) is 11.8 Å². The molecule has 4 rings (SSSR count). The van der Waals surface area contributed by atoms with Gasteiger partial charge in [-0.1, -0.05) is 41.9 Å². The van der Waals surface area contributed by atoms with E-state index in [-0.39, 0.29) is 11.6 Å². The number of hydrogen-bond acceptors (Lipinski definition) is 4. The van der Waals surface area contributed by atoms with E-state index in [0.29, 0.717) is 27.8 Å². The molecule has 8 heteroatoms. The number of aromatic nitrogens is 2. The minimum atomic E-state index is -0.318. The molecule has 0 bridgehead atoms. The average molecular weight is 451 g/mol. The molecule has 0 aliphatic heterocycles. The Hall–Kier alpha value is -3.29. The second-order valence-electron chi connectivity index (χ2n) is 6.84. The van der Waals surface area contributed by atoms with Crippen LogP contribution in [0.3, 0.4) is 0 Å². The highest BCUT2D eigenvalue weighted by atomic mass is 35.5. The van der Waals surface area contributed by atoms with Crippen LogP contribution in [0.2, 0.25) is 5.02 Å². The highest BCUT2D eigenvalue weighted by Gasteiger charge is 2.10. The van der Waals surface area contributed by atoms with Crippen LogP contribution >= 0.6 is 23.4 Å². The van der Waals surface area contributed by atoms with Crippen LogP contribution in [0.25, 0.3) is 5.65 Å². The maximum absolute atomic E-state index is 12.5. The summed E-state index contributed by atoms with van der Waals surface area (Å²) in [6.07, 6.45) is 1.55. The quantitative estimate of drug-likeness (QED) is 0.388. The molecule has 156 valence electrons. The highest BCUT2D eigenvalue weighted by Crippen LogP contribution is 2.29. The van der Waals surface area contributed by atoms with Gasteiger partial charge in [-0.05, 0) is 42.8 Å². The highest BCUT2D eigenvalue weighted by molar-refractivity contribution is 7.98. The minimum Gasteiger partial charge on any atom is -0.307 e. The number of hydrogen-bond donors (Lipinski definition) is 2. The Morgan fingerprint density at radius 1 is 1.03 bits per heavy atom. The zero-order valence-electron chi connectivity index (χ0n) is 16.6. The number of amides is 2. The lowest BCUT2D eigenvalue weighted by molar-refractivity contribution is 0.262.